The zero-order valence-electron chi connectivity index (χ0n) is 10.6. The van der Waals surface area contributed by atoms with Crippen LogP contribution in [0.15, 0.2) is 24.3 Å². The Balaban J connectivity index is 1.82. The molecule has 1 unspecified atom stereocenters. The maximum atomic E-state index is 5.95. The van der Waals surface area contributed by atoms with Gasteiger partial charge in [-0.25, -0.2) is 9.67 Å². The SMILES string of the molecule is Cc1cccc(Cc2nc3n(n2)CCC(N)C3)c1. The standard InChI is InChI=1S/C14H18N4/c1-10-3-2-4-11(7-10)8-13-16-14-9-12(15)5-6-18(14)17-13/h2-4,7,12H,5-6,8-9,15H2,1H3. The molecule has 0 bridgehead atoms. The molecule has 0 saturated carbocycles. The van der Waals surface area contributed by atoms with Crippen molar-refractivity contribution in [3.8, 4) is 0 Å². The van der Waals surface area contributed by atoms with Crippen molar-refractivity contribution >= 4 is 0 Å². The largest absolute Gasteiger partial charge is 0.327 e. The zero-order chi connectivity index (χ0) is 12.5. The molecule has 4 nitrogen and oxygen atoms in total. The van der Waals surface area contributed by atoms with Gasteiger partial charge in [-0.2, -0.15) is 5.10 Å². The van der Waals surface area contributed by atoms with E-state index in [0.29, 0.717) is 0 Å². The van der Waals surface area contributed by atoms with E-state index >= 15 is 0 Å². The smallest absolute Gasteiger partial charge is 0.155 e. The molecule has 1 aromatic heterocycles. The second-order valence-corrected chi connectivity index (χ2v) is 5.09. The summed E-state index contributed by atoms with van der Waals surface area (Å²) in [5.41, 5.74) is 8.49. The molecule has 2 heterocycles. The average Bonchev–Trinajstić information content (AvgIpc) is 2.70. The first kappa shape index (κ1) is 11.4. The summed E-state index contributed by atoms with van der Waals surface area (Å²) in [5.74, 6) is 1.95. The second-order valence-electron chi connectivity index (χ2n) is 5.09. The van der Waals surface area contributed by atoms with Gasteiger partial charge in [-0.05, 0) is 18.9 Å². The summed E-state index contributed by atoms with van der Waals surface area (Å²) in [5, 5.41) is 4.56. The molecule has 1 aliphatic rings. The van der Waals surface area contributed by atoms with Crippen LogP contribution in [0, 0.1) is 6.92 Å². The van der Waals surface area contributed by atoms with E-state index in [1.807, 2.05) is 4.68 Å². The molecule has 18 heavy (non-hydrogen) atoms. The van der Waals surface area contributed by atoms with Gasteiger partial charge in [-0.3, -0.25) is 0 Å². The van der Waals surface area contributed by atoms with E-state index in [2.05, 4.69) is 41.3 Å². The third-order valence-corrected chi connectivity index (χ3v) is 3.39. The summed E-state index contributed by atoms with van der Waals surface area (Å²) in [7, 11) is 0. The van der Waals surface area contributed by atoms with Crippen LogP contribution in [0.4, 0.5) is 0 Å². The first-order valence-corrected chi connectivity index (χ1v) is 6.44. The number of aryl methyl sites for hydroxylation is 2. The molecule has 0 fully saturated rings. The Hall–Kier alpha value is -1.68. The van der Waals surface area contributed by atoms with Gasteiger partial charge in [0.05, 0.1) is 0 Å². The Morgan fingerprint density at radius 2 is 2.33 bits per heavy atom. The van der Waals surface area contributed by atoms with Crippen molar-refractivity contribution in [1.29, 1.82) is 0 Å². The fourth-order valence-electron chi connectivity index (χ4n) is 2.46. The molecule has 94 valence electrons. The Labute approximate surface area is 107 Å². The maximum Gasteiger partial charge on any atom is 0.155 e. The molecule has 1 aromatic carbocycles. The molecule has 1 aliphatic heterocycles. The highest BCUT2D eigenvalue weighted by Gasteiger charge is 2.18. The third-order valence-electron chi connectivity index (χ3n) is 3.39. The second kappa shape index (κ2) is 4.53. The van der Waals surface area contributed by atoms with Gasteiger partial charge in [-0.1, -0.05) is 29.8 Å². The van der Waals surface area contributed by atoms with Gasteiger partial charge in [0.2, 0.25) is 0 Å². The molecule has 0 radical (unpaired) electrons. The highest BCUT2D eigenvalue weighted by molar-refractivity contribution is 5.24. The molecule has 0 amide bonds. The van der Waals surface area contributed by atoms with Crippen LogP contribution < -0.4 is 5.73 Å². The number of rotatable bonds is 2. The lowest BCUT2D eigenvalue weighted by molar-refractivity contribution is 0.432. The van der Waals surface area contributed by atoms with Crippen LogP contribution in [0.25, 0.3) is 0 Å². The highest BCUT2D eigenvalue weighted by atomic mass is 15.4. The Kier molecular flexibility index (Phi) is 2.88. The average molecular weight is 242 g/mol. The summed E-state index contributed by atoms with van der Waals surface area (Å²) >= 11 is 0. The van der Waals surface area contributed by atoms with Gasteiger partial charge in [0.25, 0.3) is 0 Å². The lowest BCUT2D eigenvalue weighted by Gasteiger charge is -2.17. The van der Waals surface area contributed by atoms with Crippen molar-refractivity contribution in [3.05, 3.63) is 47.0 Å². The molecule has 3 rings (SSSR count). The molecule has 2 N–H and O–H groups in total. The monoisotopic (exact) mass is 242 g/mol. The summed E-state index contributed by atoms with van der Waals surface area (Å²) in [6.07, 6.45) is 2.65. The van der Waals surface area contributed by atoms with Gasteiger partial charge in [0.1, 0.15) is 5.82 Å². The van der Waals surface area contributed by atoms with Crippen LogP contribution >= 0.6 is 0 Å². The van der Waals surface area contributed by atoms with Crippen LogP contribution in [-0.2, 0) is 19.4 Å². The minimum absolute atomic E-state index is 0.244. The number of nitrogens with zero attached hydrogens (tertiary/aromatic N) is 3. The van der Waals surface area contributed by atoms with Gasteiger partial charge in [0, 0.05) is 25.4 Å². The van der Waals surface area contributed by atoms with E-state index in [4.69, 9.17) is 5.73 Å². The van der Waals surface area contributed by atoms with Gasteiger partial charge in [0.15, 0.2) is 5.82 Å². The number of benzene rings is 1. The molecule has 0 saturated heterocycles. The van der Waals surface area contributed by atoms with Crippen molar-refractivity contribution < 1.29 is 0 Å². The van der Waals surface area contributed by atoms with E-state index < -0.39 is 0 Å². The molecule has 4 heteroatoms. The van der Waals surface area contributed by atoms with Gasteiger partial charge < -0.3 is 5.73 Å². The van der Waals surface area contributed by atoms with Gasteiger partial charge in [-0.15, -0.1) is 0 Å². The van der Waals surface area contributed by atoms with E-state index in [0.717, 1.165) is 37.5 Å². The molecule has 2 aromatic rings. The minimum Gasteiger partial charge on any atom is -0.327 e. The fourth-order valence-corrected chi connectivity index (χ4v) is 2.46. The Bertz CT molecular complexity index is 559. The number of fused-ring (bicyclic) bond motifs is 1. The summed E-state index contributed by atoms with van der Waals surface area (Å²) in [6.45, 7) is 3.01. The van der Waals surface area contributed by atoms with Crippen molar-refractivity contribution in [2.45, 2.75) is 38.8 Å². The summed E-state index contributed by atoms with van der Waals surface area (Å²) in [6, 6.07) is 8.74. The predicted molar refractivity (Wildman–Crippen MR) is 70.3 cm³/mol. The molecule has 0 spiro atoms. The van der Waals surface area contributed by atoms with E-state index in [1.54, 1.807) is 0 Å². The Morgan fingerprint density at radius 3 is 3.17 bits per heavy atom. The molecular formula is C14H18N4. The Morgan fingerprint density at radius 1 is 1.44 bits per heavy atom. The minimum atomic E-state index is 0.244. The molecular weight excluding hydrogens is 224 g/mol. The van der Waals surface area contributed by atoms with Gasteiger partial charge >= 0.3 is 0 Å². The number of hydrogen-bond acceptors (Lipinski definition) is 3. The zero-order valence-corrected chi connectivity index (χ0v) is 10.6. The maximum absolute atomic E-state index is 5.95. The fraction of sp³-hybridized carbons (Fsp3) is 0.429. The highest BCUT2D eigenvalue weighted by Crippen LogP contribution is 2.14. The van der Waals surface area contributed by atoms with Crippen LogP contribution in [0.1, 0.15) is 29.2 Å². The first-order chi connectivity index (χ1) is 8.70. The van der Waals surface area contributed by atoms with E-state index in [1.165, 1.54) is 11.1 Å². The topological polar surface area (TPSA) is 56.7 Å². The van der Waals surface area contributed by atoms with Crippen molar-refractivity contribution in [2.24, 2.45) is 5.73 Å². The van der Waals surface area contributed by atoms with E-state index in [9.17, 15) is 0 Å². The molecule has 1 atom stereocenters. The first-order valence-electron chi connectivity index (χ1n) is 6.44. The summed E-state index contributed by atoms with van der Waals surface area (Å²) in [4.78, 5) is 4.60. The van der Waals surface area contributed by atoms with Crippen molar-refractivity contribution in [1.82, 2.24) is 14.8 Å². The van der Waals surface area contributed by atoms with Crippen LogP contribution in [0.2, 0.25) is 0 Å². The lowest BCUT2D eigenvalue weighted by Crippen LogP contribution is -2.31. The number of hydrogen-bond donors (Lipinski definition) is 1. The number of aromatic nitrogens is 3. The quantitative estimate of drug-likeness (QED) is 0.867. The van der Waals surface area contributed by atoms with Crippen molar-refractivity contribution in [3.63, 3.8) is 0 Å². The van der Waals surface area contributed by atoms with Crippen LogP contribution in [0.3, 0.4) is 0 Å². The van der Waals surface area contributed by atoms with E-state index in [-0.39, 0.29) is 6.04 Å². The summed E-state index contributed by atoms with van der Waals surface area (Å²) < 4.78 is 2.01. The molecule has 0 aliphatic carbocycles. The van der Waals surface area contributed by atoms with Crippen LogP contribution in [-0.4, -0.2) is 20.8 Å². The van der Waals surface area contributed by atoms with Crippen molar-refractivity contribution in [2.75, 3.05) is 0 Å². The van der Waals surface area contributed by atoms with Crippen LogP contribution in [0.5, 0.6) is 0 Å². The lowest BCUT2D eigenvalue weighted by atomic mass is 10.1. The number of nitrogens with two attached hydrogens (primary N) is 1. The normalized spacial score (nSPS) is 18.7. The third kappa shape index (κ3) is 2.29. The predicted octanol–water partition coefficient (Wildman–Crippen LogP) is 1.45.